The van der Waals surface area contributed by atoms with Crippen molar-refractivity contribution < 1.29 is 9.59 Å². The summed E-state index contributed by atoms with van der Waals surface area (Å²) in [5.41, 5.74) is 6.17. The topological polar surface area (TPSA) is 104 Å². The molecule has 0 atom stereocenters. The predicted molar refractivity (Wildman–Crippen MR) is 121 cm³/mol. The van der Waals surface area contributed by atoms with E-state index < -0.39 is 0 Å². The van der Waals surface area contributed by atoms with Crippen molar-refractivity contribution in [2.24, 2.45) is 0 Å². The van der Waals surface area contributed by atoms with E-state index in [-0.39, 0.29) is 17.9 Å². The highest BCUT2D eigenvalue weighted by atomic mass is 16.2. The number of fused-ring (bicyclic) bond motifs is 2. The maximum Gasteiger partial charge on any atom is 0.253 e. The molecule has 8 nitrogen and oxygen atoms in total. The molecule has 4 aromatic rings. The van der Waals surface area contributed by atoms with E-state index in [2.05, 4.69) is 25.3 Å². The zero-order valence-electron chi connectivity index (χ0n) is 18.1. The maximum atomic E-state index is 13.0. The van der Waals surface area contributed by atoms with Gasteiger partial charge in [0.25, 0.3) is 11.8 Å². The van der Waals surface area contributed by atoms with Crippen LogP contribution in [0.25, 0.3) is 22.1 Å². The molecule has 32 heavy (non-hydrogen) atoms. The number of H-pyrrole nitrogens is 1. The quantitative estimate of drug-likeness (QED) is 0.522. The van der Waals surface area contributed by atoms with Gasteiger partial charge in [-0.05, 0) is 63.1 Å². The Morgan fingerprint density at radius 1 is 0.938 bits per heavy atom. The van der Waals surface area contributed by atoms with E-state index in [9.17, 15) is 9.59 Å². The normalized spacial score (nSPS) is 14.8. The van der Waals surface area contributed by atoms with E-state index in [0.29, 0.717) is 24.2 Å². The first kappa shape index (κ1) is 20.1. The summed E-state index contributed by atoms with van der Waals surface area (Å²) in [6.45, 7) is 5.04. The van der Waals surface area contributed by atoms with E-state index in [0.717, 1.165) is 46.3 Å². The average molecular weight is 428 g/mol. The van der Waals surface area contributed by atoms with Crippen LogP contribution in [-0.2, 0) is 0 Å². The standard InChI is InChI=1S/C24H24N6O2/c1-14-15(2)28-22-12-17(4-6-20(22)27-14)24(32)30-9-7-18(8-10-30)29-23(31)16-3-5-19-21(11-16)26-13-25-19/h3-6,11-13,18H,7-10H2,1-2H3,(H,25,26)(H,29,31). The number of rotatable bonds is 3. The number of aromatic nitrogens is 4. The lowest BCUT2D eigenvalue weighted by Crippen LogP contribution is -2.46. The first-order chi connectivity index (χ1) is 15.5. The van der Waals surface area contributed by atoms with Crippen LogP contribution in [-0.4, -0.2) is 55.8 Å². The van der Waals surface area contributed by atoms with Crippen molar-refractivity contribution in [1.82, 2.24) is 30.2 Å². The van der Waals surface area contributed by atoms with Crippen LogP contribution in [0.15, 0.2) is 42.7 Å². The van der Waals surface area contributed by atoms with Gasteiger partial charge in [0.15, 0.2) is 0 Å². The number of likely N-dealkylation sites (tertiary alicyclic amines) is 1. The number of hydrogen-bond acceptors (Lipinski definition) is 5. The average Bonchev–Trinajstić information content (AvgIpc) is 3.27. The molecular weight excluding hydrogens is 404 g/mol. The fraction of sp³-hybridized carbons (Fsp3) is 0.292. The Kier molecular flexibility index (Phi) is 5.05. The third-order valence-corrected chi connectivity index (χ3v) is 6.12. The first-order valence-electron chi connectivity index (χ1n) is 10.8. The van der Waals surface area contributed by atoms with Crippen LogP contribution in [0, 0.1) is 13.8 Å². The second-order valence-electron chi connectivity index (χ2n) is 8.27. The molecule has 1 aliphatic heterocycles. The van der Waals surface area contributed by atoms with Gasteiger partial charge in [0.05, 0.1) is 39.8 Å². The van der Waals surface area contributed by atoms with E-state index >= 15 is 0 Å². The predicted octanol–water partition coefficient (Wildman–Crippen LogP) is 3.16. The second-order valence-corrected chi connectivity index (χ2v) is 8.27. The maximum absolute atomic E-state index is 13.0. The molecule has 0 aliphatic carbocycles. The molecule has 162 valence electrons. The van der Waals surface area contributed by atoms with Gasteiger partial charge in [-0.2, -0.15) is 0 Å². The van der Waals surface area contributed by atoms with Crippen LogP contribution >= 0.6 is 0 Å². The number of aromatic amines is 1. The molecule has 2 N–H and O–H groups in total. The van der Waals surface area contributed by atoms with Gasteiger partial charge in [-0.15, -0.1) is 0 Å². The molecule has 1 fully saturated rings. The Hall–Kier alpha value is -3.81. The summed E-state index contributed by atoms with van der Waals surface area (Å²) >= 11 is 0. The van der Waals surface area contributed by atoms with Crippen molar-refractivity contribution >= 4 is 33.9 Å². The number of carbonyl (C=O) groups excluding carboxylic acids is 2. The number of piperidine rings is 1. The van der Waals surface area contributed by atoms with Crippen molar-refractivity contribution in [2.45, 2.75) is 32.7 Å². The third-order valence-electron chi connectivity index (χ3n) is 6.12. The van der Waals surface area contributed by atoms with Gasteiger partial charge in [0.2, 0.25) is 0 Å². The molecule has 5 rings (SSSR count). The SMILES string of the molecule is Cc1nc2ccc(C(=O)N3CCC(NC(=O)c4ccc5nc[nH]c5c4)CC3)cc2nc1C. The number of imidazole rings is 1. The fourth-order valence-corrected chi connectivity index (χ4v) is 4.12. The molecule has 0 radical (unpaired) electrons. The summed E-state index contributed by atoms with van der Waals surface area (Å²) in [7, 11) is 0. The number of benzene rings is 2. The Balaban J connectivity index is 1.22. The zero-order valence-corrected chi connectivity index (χ0v) is 18.1. The minimum Gasteiger partial charge on any atom is -0.349 e. The number of aryl methyl sites for hydroxylation is 2. The van der Waals surface area contributed by atoms with Crippen molar-refractivity contribution in [1.29, 1.82) is 0 Å². The number of nitrogens with zero attached hydrogens (tertiary/aromatic N) is 4. The summed E-state index contributed by atoms with van der Waals surface area (Å²) in [5, 5.41) is 3.10. The lowest BCUT2D eigenvalue weighted by atomic mass is 10.0. The molecule has 0 spiro atoms. The second kappa shape index (κ2) is 8.03. The van der Waals surface area contributed by atoms with Gasteiger partial charge in [-0.1, -0.05) is 0 Å². The van der Waals surface area contributed by atoms with Gasteiger partial charge >= 0.3 is 0 Å². The Morgan fingerprint density at radius 2 is 1.62 bits per heavy atom. The summed E-state index contributed by atoms with van der Waals surface area (Å²) in [6.07, 6.45) is 3.05. The van der Waals surface area contributed by atoms with E-state index in [1.165, 1.54) is 0 Å². The van der Waals surface area contributed by atoms with Crippen LogP contribution in [0.4, 0.5) is 0 Å². The molecule has 2 aromatic carbocycles. The van der Waals surface area contributed by atoms with Gasteiger partial charge in [0.1, 0.15) is 0 Å². The van der Waals surface area contributed by atoms with Crippen LogP contribution in [0.1, 0.15) is 44.9 Å². The molecule has 1 aliphatic rings. The smallest absolute Gasteiger partial charge is 0.253 e. The Morgan fingerprint density at radius 3 is 2.41 bits per heavy atom. The Labute approximate surface area is 185 Å². The molecule has 2 aromatic heterocycles. The molecule has 0 bridgehead atoms. The lowest BCUT2D eigenvalue weighted by Gasteiger charge is -2.32. The van der Waals surface area contributed by atoms with Crippen molar-refractivity contribution in [3.05, 3.63) is 65.2 Å². The zero-order chi connectivity index (χ0) is 22.2. The van der Waals surface area contributed by atoms with Gasteiger partial charge < -0.3 is 15.2 Å². The van der Waals surface area contributed by atoms with Crippen LogP contribution in [0.2, 0.25) is 0 Å². The fourth-order valence-electron chi connectivity index (χ4n) is 4.12. The monoisotopic (exact) mass is 428 g/mol. The lowest BCUT2D eigenvalue weighted by molar-refractivity contribution is 0.0698. The first-order valence-corrected chi connectivity index (χ1v) is 10.8. The minimum absolute atomic E-state index is 0.0126. The summed E-state index contributed by atoms with van der Waals surface area (Å²) in [4.78, 5) is 43.8. The number of hydrogen-bond donors (Lipinski definition) is 2. The molecule has 8 heteroatoms. The van der Waals surface area contributed by atoms with Crippen molar-refractivity contribution in [3.63, 3.8) is 0 Å². The van der Waals surface area contributed by atoms with Crippen LogP contribution in [0.5, 0.6) is 0 Å². The number of nitrogens with one attached hydrogen (secondary N) is 2. The third kappa shape index (κ3) is 3.79. The summed E-state index contributed by atoms with van der Waals surface area (Å²) < 4.78 is 0. The molecule has 0 unspecified atom stereocenters. The molecule has 0 saturated carbocycles. The van der Waals surface area contributed by atoms with E-state index in [1.807, 2.05) is 49.1 Å². The summed E-state index contributed by atoms with van der Waals surface area (Å²) in [6, 6.07) is 10.9. The molecule has 2 amide bonds. The van der Waals surface area contributed by atoms with Gasteiger partial charge in [0, 0.05) is 30.3 Å². The molecule has 3 heterocycles. The summed E-state index contributed by atoms with van der Waals surface area (Å²) in [5.74, 6) is -0.119. The minimum atomic E-state index is -0.106. The van der Waals surface area contributed by atoms with Gasteiger partial charge in [-0.3, -0.25) is 9.59 Å². The molecule has 1 saturated heterocycles. The number of amides is 2. The Bertz CT molecular complexity index is 1340. The highest BCUT2D eigenvalue weighted by molar-refractivity contribution is 5.98. The van der Waals surface area contributed by atoms with Crippen molar-refractivity contribution in [2.75, 3.05) is 13.1 Å². The van der Waals surface area contributed by atoms with E-state index in [1.54, 1.807) is 12.4 Å². The van der Waals surface area contributed by atoms with E-state index in [4.69, 9.17) is 0 Å². The van der Waals surface area contributed by atoms with Crippen LogP contribution < -0.4 is 5.32 Å². The van der Waals surface area contributed by atoms with Crippen molar-refractivity contribution in [3.8, 4) is 0 Å². The number of carbonyl (C=O) groups is 2. The highest BCUT2D eigenvalue weighted by Gasteiger charge is 2.25. The largest absolute Gasteiger partial charge is 0.349 e. The molecular formula is C24H24N6O2. The van der Waals surface area contributed by atoms with Crippen LogP contribution in [0.3, 0.4) is 0 Å². The van der Waals surface area contributed by atoms with Gasteiger partial charge in [-0.25, -0.2) is 15.0 Å². The highest BCUT2D eigenvalue weighted by Crippen LogP contribution is 2.19.